The summed E-state index contributed by atoms with van der Waals surface area (Å²) in [7, 11) is 0. The average molecular weight is 436 g/mol. The van der Waals surface area contributed by atoms with Crippen molar-refractivity contribution in [3.05, 3.63) is 82.7 Å². The quantitative estimate of drug-likeness (QED) is 0.511. The molecular weight excluding hydrogens is 413 g/mol. The van der Waals surface area contributed by atoms with Gasteiger partial charge in [-0.05, 0) is 42.0 Å². The second-order valence-corrected chi connectivity index (χ2v) is 8.10. The summed E-state index contributed by atoms with van der Waals surface area (Å²) >= 11 is 1.56. The molecule has 0 unspecified atom stereocenters. The van der Waals surface area contributed by atoms with Crippen LogP contribution >= 0.6 is 11.3 Å². The number of nitrogens with zero attached hydrogens (tertiary/aromatic N) is 4. The predicted molar refractivity (Wildman–Crippen MR) is 120 cm³/mol. The van der Waals surface area contributed by atoms with Gasteiger partial charge in [0.1, 0.15) is 11.6 Å². The van der Waals surface area contributed by atoms with E-state index in [1.165, 1.54) is 17.8 Å². The number of hydrogen-bond donors (Lipinski definition) is 1. The number of H-pyrrole nitrogens is 1. The third kappa shape index (κ3) is 4.45. The smallest absolute Gasteiger partial charge is 0.190 e. The van der Waals surface area contributed by atoms with E-state index in [9.17, 15) is 4.39 Å². The Balaban J connectivity index is 1.52. The van der Waals surface area contributed by atoms with Crippen LogP contribution in [0.2, 0.25) is 0 Å². The number of benzene rings is 2. The summed E-state index contributed by atoms with van der Waals surface area (Å²) < 4.78 is 20.9. The van der Waals surface area contributed by atoms with Crippen LogP contribution in [0.1, 0.15) is 5.82 Å². The number of anilines is 1. The number of halogens is 1. The van der Waals surface area contributed by atoms with Gasteiger partial charge in [-0.15, -0.1) is 11.3 Å². The van der Waals surface area contributed by atoms with E-state index in [2.05, 4.69) is 49.1 Å². The first-order chi connectivity index (χ1) is 15.3. The summed E-state index contributed by atoms with van der Waals surface area (Å²) in [5.74, 6) is 0.583. The summed E-state index contributed by atoms with van der Waals surface area (Å²) in [6.07, 6.45) is 3.56. The molecule has 0 amide bonds. The molecule has 0 aliphatic carbocycles. The highest BCUT2D eigenvalue weighted by atomic mass is 32.1. The summed E-state index contributed by atoms with van der Waals surface area (Å²) in [4.78, 5) is 15.5. The van der Waals surface area contributed by atoms with Crippen molar-refractivity contribution in [1.29, 1.82) is 0 Å². The van der Waals surface area contributed by atoms with Gasteiger partial charge in [0.25, 0.3) is 0 Å². The SMILES string of the molecule is Fc1ccc(N=c2scc(-c3ccc(N4CCOCC4)cc3)n2Cc2ncc[nH]2)cc1. The molecule has 1 N–H and O–H groups in total. The van der Waals surface area contributed by atoms with Gasteiger partial charge in [0.2, 0.25) is 0 Å². The molecule has 2 aromatic carbocycles. The van der Waals surface area contributed by atoms with Gasteiger partial charge < -0.3 is 19.2 Å². The molecule has 3 heterocycles. The number of ether oxygens (including phenoxy) is 1. The molecular formula is C23H22FN5OS. The standard InChI is InChI=1S/C23H22FN5OS/c24-18-3-5-19(6-4-18)27-23-29(15-22-25-9-10-26-22)21(16-31-23)17-1-7-20(8-2-17)28-11-13-30-14-12-28/h1-10,16H,11-15H2,(H,25,26). The van der Waals surface area contributed by atoms with Crippen molar-refractivity contribution >= 4 is 22.7 Å². The highest BCUT2D eigenvalue weighted by Gasteiger charge is 2.13. The van der Waals surface area contributed by atoms with Crippen LogP contribution in [0.3, 0.4) is 0 Å². The lowest BCUT2D eigenvalue weighted by Crippen LogP contribution is -2.36. The van der Waals surface area contributed by atoms with Crippen LogP contribution in [0.25, 0.3) is 11.3 Å². The second kappa shape index (κ2) is 8.87. The minimum absolute atomic E-state index is 0.269. The Kier molecular flexibility index (Phi) is 5.64. The van der Waals surface area contributed by atoms with E-state index < -0.39 is 0 Å². The molecule has 5 rings (SSSR count). The first-order valence-electron chi connectivity index (χ1n) is 10.2. The Morgan fingerprint density at radius 1 is 1.06 bits per heavy atom. The molecule has 0 radical (unpaired) electrons. The predicted octanol–water partition coefficient (Wildman–Crippen LogP) is 4.20. The molecule has 0 spiro atoms. The third-order valence-corrected chi connectivity index (χ3v) is 6.11. The Morgan fingerprint density at radius 3 is 2.55 bits per heavy atom. The number of nitrogens with one attached hydrogen (secondary N) is 1. The van der Waals surface area contributed by atoms with Crippen LogP contribution in [-0.4, -0.2) is 40.8 Å². The van der Waals surface area contributed by atoms with E-state index in [1.807, 2.05) is 6.20 Å². The molecule has 1 fully saturated rings. The van der Waals surface area contributed by atoms with Crippen LogP contribution in [0, 0.1) is 5.82 Å². The molecule has 0 saturated carbocycles. The minimum Gasteiger partial charge on any atom is -0.378 e. The normalized spacial score (nSPS) is 14.9. The monoisotopic (exact) mass is 435 g/mol. The van der Waals surface area contributed by atoms with Gasteiger partial charge in [-0.25, -0.2) is 14.4 Å². The fourth-order valence-electron chi connectivity index (χ4n) is 3.63. The van der Waals surface area contributed by atoms with Crippen molar-refractivity contribution in [2.24, 2.45) is 4.99 Å². The van der Waals surface area contributed by atoms with Crippen molar-refractivity contribution in [2.75, 3.05) is 31.2 Å². The van der Waals surface area contributed by atoms with Crippen molar-refractivity contribution in [1.82, 2.24) is 14.5 Å². The van der Waals surface area contributed by atoms with Crippen LogP contribution in [0.15, 0.2) is 71.3 Å². The summed E-state index contributed by atoms with van der Waals surface area (Å²) in [6, 6.07) is 14.8. The molecule has 1 saturated heterocycles. The molecule has 0 atom stereocenters. The number of aromatic nitrogens is 3. The zero-order valence-electron chi connectivity index (χ0n) is 16.9. The third-order valence-electron chi connectivity index (χ3n) is 5.25. The maximum atomic E-state index is 13.3. The van der Waals surface area contributed by atoms with E-state index in [0.717, 1.165) is 48.2 Å². The van der Waals surface area contributed by atoms with Gasteiger partial charge in [-0.3, -0.25) is 0 Å². The summed E-state index contributed by atoms with van der Waals surface area (Å²) in [5.41, 5.74) is 4.10. The molecule has 4 aromatic rings. The molecule has 0 bridgehead atoms. The van der Waals surface area contributed by atoms with E-state index in [0.29, 0.717) is 12.2 Å². The van der Waals surface area contributed by atoms with Crippen LogP contribution < -0.4 is 9.70 Å². The van der Waals surface area contributed by atoms with E-state index in [4.69, 9.17) is 9.73 Å². The topological polar surface area (TPSA) is 58.4 Å². The molecule has 2 aromatic heterocycles. The molecule has 8 heteroatoms. The van der Waals surface area contributed by atoms with E-state index in [1.54, 1.807) is 29.7 Å². The number of rotatable bonds is 5. The molecule has 6 nitrogen and oxygen atoms in total. The maximum absolute atomic E-state index is 13.3. The van der Waals surface area contributed by atoms with Crippen molar-refractivity contribution in [3.8, 4) is 11.3 Å². The van der Waals surface area contributed by atoms with Crippen molar-refractivity contribution < 1.29 is 9.13 Å². The van der Waals surface area contributed by atoms with Gasteiger partial charge in [0.05, 0.1) is 31.1 Å². The fraction of sp³-hybridized carbons (Fsp3) is 0.217. The first kappa shape index (κ1) is 19.7. The van der Waals surface area contributed by atoms with Gasteiger partial charge >= 0.3 is 0 Å². The number of hydrogen-bond acceptors (Lipinski definition) is 5. The lowest BCUT2D eigenvalue weighted by Gasteiger charge is -2.28. The summed E-state index contributed by atoms with van der Waals surface area (Å²) in [5, 5.41) is 2.11. The first-order valence-corrected chi connectivity index (χ1v) is 11.0. The lowest BCUT2D eigenvalue weighted by atomic mass is 10.1. The molecule has 158 valence electrons. The van der Waals surface area contributed by atoms with Gasteiger partial charge in [0, 0.05) is 36.6 Å². The van der Waals surface area contributed by atoms with Gasteiger partial charge in [0.15, 0.2) is 4.80 Å². The van der Waals surface area contributed by atoms with Crippen LogP contribution in [-0.2, 0) is 11.3 Å². The maximum Gasteiger partial charge on any atom is 0.190 e. The van der Waals surface area contributed by atoms with Crippen molar-refractivity contribution in [2.45, 2.75) is 6.54 Å². The fourth-order valence-corrected chi connectivity index (χ4v) is 4.56. The van der Waals surface area contributed by atoms with Crippen LogP contribution in [0.5, 0.6) is 0 Å². The highest BCUT2D eigenvalue weighted by molar-refractivity contribution is 7.07. The Hall–Kier alpha value is -3.23. The van der Waals surface area contributed by atoms with E-state index in [-0.39, 0.29) is 5.82 Å². The number of thiazole rings is 1. The molecule has 1 aliphatic rings. The number of morpholine rings is 1. The van der Waals surface area contributed by atoms with Gasteiger partial charge in [-0.2, -0.15) is 0 Å². The zero-order valence-corrected chi connectivity index (χ0v) is 17.7. The highest BCUT2D eigenvalue weighted by Crippen LogP contribution is 2.25. The second-order valence-electron chi connectivity index (χ2n) is 7.26. The Morgan fingerprint density at radius 2 is 1.84 bits per heavy atom. The van der Waals surface area contributed by atoms with Crippen molar-refractivity contribution in [3.63, 3.8) is 0 Å². The largest absolute Gasteiger partial charge is 0.378 e. The van der Waals surface area contributed by atoms with Gasteiger partial charge in [-0.1, -0.05) is 12.1 Å². The Labute approximate surface area is 183 Å². The minimum atomic E-state index is -0.269. The Bertz CT molecular complexity index is 1190. The molecule has 1 aliphatic heterocycles. The zero-order chi connectivity index (χ0) is 21.0. The average Bonchev–Trinajstić information content (AvgIpc) is 3.47. The molecule has 31 heavy (non-hydrogen) atoms. The number of imidazole rings is 1. The van der Waals surface area contributed by atoms with E-state index >= 15 is 0 Å². The lowest BCUT2D eigenvalue weighted by molar-refractivity contribution is 0.122. The number of aromatic amines is 1. The summed E-state index contributed by atoms with van der Waals surface area (Å²) in [6.45, 7) is 3.93. The van der Waals surface area contributed by atoms with Crippen LogP contribution in [0.4, 0.5) is 15.8 Å².